The second-order valence-electron chi connectivity index (χ2n) is 8.06. The average Bonchev–Trinajstić information content (AvgIpc) is 3.51. The Labute approximate surface area is 197 Å². The number of aromatic nitrogens is 3. The highest BCUT2D eigenvalue weighted by molar-refractivity contribution is 5.96. The molecule has 35 heavy (non-hydrogen) atoms. The fraction of sp³-hybridized carbons (Fsp3) is 0.409. The van der Waals surface area contributed by atoms with Gasteiger partial charge in [-0.05, 0) is 32.4 Å². The van der Waals surface area contributed by atoms with Crippen molar-refractivity contribution in [2.24, 2.45) is 0 Å². The van der Waals surface area contributed by atoms with Gasteiger partial charge in [-0.15, -0.1) is 0 Å². The molecule has 0 amide bonds. The SMILES string of the molecule is CCOc1nc(-c2cc(N)c(F)c(C)c2C(F)(F)F)c(F)c2nc(OC)nc(NCC3NC3C)c12. The molecule has 0 radical (unpaired) electrons. The third-order valence-electron chi connectivity index (χ3n) is 5.72. The molecule has 2 atom stereocenters. The fourth-order valence-electron chi connectivity index (χ4n) is 3.85. The summed E-state index contributed by atoms with van der Waals surface area (Å²) < 4.78 is 82.6. The Bertz CT molecular complexity index is 1300. The molecule has 1 aliphatic heterocycles. The summed E-state index contributed by atoms with van der Waals surface area (Å²) in [4.78, 5) is 12.3. The number of fused-ring (bicyclic) bond motifs is 1. The van der Waals surface area contributed by atoms with Crippen molar-refractivity contribution in [3.63, 3.8) is 0 Å². The molecule has 4 N–H and O–H groups in total. The highest BCUT2D eigenvalue weighted by atomic mass is 19.4. The summed E-state index contributed by atoms with van der Waals surface area (Å²) in [5, 5.41) is 6.29. The van der Waals surface area contributed by atoms with Crippen LogP contribution < -0.4 is 25.8 Å². The highest BCUT2D eigenvalue weighted by Crippen LogP contribution is 2.44. The molecule has 0 saturated carbocycles. The molecule has 1 aromatic carbocycles. The molecule has 2 unspecified atom stereocenters. The number of halogens is 5. The smallest absolute Gasteiger partial charge is 0.417 e. The van der Waals surface area contributed by atoms with E-state index in [4.69, 9.17) is 15.2 Å². The summed E-state index contributed by atoms with van der Waals surface area (Å²) in [5.41, 5.74) is 0.982. The number of nitrogens with two attached hydrogens (primary N) is 1. The molecule has 188 valence electrons. The van der Waals surface area contributed by atoms with Crippen LogP contribution in [0.4, 0.5) is 33.5 Å². The standard InChI is InChI=1S/C22H23F5N6O2/c1-5-35-20-13-18(32-21(34-4)33-19(13)29-7-12-9(3)30-12)16(24)17(31-20)10-6-11(28)15(23)8(2)14(10)22(25,26)27/h6,9,12,30H,5,7,28H2,1-4H3,(H,29,32,33). The molecule has 13 heteroatoms. The molecule has 3 heterocycles. The third kappa shape index (κ3) is 4.47. The molecule has 1 aliphatic rings. The number of nitrogen functional groups attached to an aromatic ring is 1. The predicted octanol–water partition coefficient (Wildman–Crippen LogP) is 4.06. The van der Waals surface area contributed by atoms with Crippen molar-refractivity contribution in [1.29, 1.82) is 0 Å². The summed E-state index contributed by atoms with van der Waals surface area (Å²) >= 11 is 0. The molecule has 2 aromatic heterocycles. The minimum atomic E-state index is -5.02. The van der Waals surface area contributed by atoms with Gasteiger partial charge in [-0.3, -0.25) is 0 Å². The van der Waals surface area contributed by atoms with Crippen molar-refractivity contribution in [1.82, 2.24) is 20.3 Å². The Morgan fingerprint density at radius 1 is 1.17 bits per heavy atom. The Kier molecular flexibility index (Phi) is 6.30. The Hall–Kier alpha value is -3.48. The van der Waals surface area contributed by atoms with Crippen LogP contribution in [0.5, 0.6) is 11.9 Å². The van der Waals surface area contributed by atoms with Crippen molar-refractivity contribution < 1.29 is 31.4 Å². The summed E-state index contributed by atoms with van der Waals surface area (Å²) in [5.74, 6) is -2.50. The summed E-state index contributed by atoms with van der Waals surface area (Å²) in [6.07, 6.45) is -5.02. The zero-order valence-electron chi connectivity index (χ0n) is 19.3. The molecule has 3 aromatic rings. The van der Waals surface area contributed by atoms with Gasteiger partial charge in [0.25, 0.3) is 0 Å². The van der Waals surface area contributed by atoms with Crippen LogP contribution >= 0.6 is 0 Å². The second-order valence-corrected chi connectivity index (χ2v) is 8.06. The second kappa shape index (κ2) is 8.95. The van der Waals surface area contributed by atoms with Gasteiger partial charge in [0.1, 0.15) is 28.2 Å². The van der Waals surface area contributed by atoms with Gasteiger partial charge in [0, 0.05) is 24.2 Å². The highest BCUT2D eigenvalue weighted by Gasteiger charge is 2.39. The number of nitrogens with zero attached hydrogens (tertiary/aromatic N) is 3. The molecule has 1 fully saturated rings. The Balaban J connectivity index is 2.02. The van der Waals surface area contributed by atoms with E-state index in [-0.39, 0.29) is 47.3 Å². The quantitative estimate of drug-likeness (QED) is 0.254. The van der Waals surface area contributed by atoms with E-state index in [1.165, 1.54) is 7.11 Å². The van der Waals surface area contributed by atoms with Crippen molar-refractivity contribution in [2.45, 2.75) is 39.0 Å². The van der Waals surface area contributed by atoms with Gasteiger partial charge in [0.05, 0.1) is 25.0 Å². The molecule has 0 aliphatic carbocycles. The van der Waals surface area contributed by atoms with Gasteiger partial charge in [-0.1, -0.05) is 0 Å². The number of nitrogens with one attached hydrogen (secondary N) is 2. The minimum Gasteiger partial charge on any atom is -0.477 e. The zero-order chi connectivity index (χ0) is 25.7. The van der Waals surface area contributed by atoms with Crippen LogP contribution in [0, 0.1) is 18.6 Å². The number of pyridine rings is 1. The Morgan fingerprint density at radius 3 is 2.43 bits per heavy atom. The Morgan fingerprint density at radius 2 is 1.86 bits per heavy atom. The molecule has 8 nitrogen and oxygen atoms in total. The van der Waals surface area contributed by atoms with Crippen LogP contribution in [-0.4, -0.2) is 47.3 Å². The van der Waals surface area contributed by atoms with E-state index >= 15 is 4.39 Å². The van der Waals surface area contributed by atoms with Gasteiger partial charge < -0.3 is 25.8 Å². The zero-order valence-corrected chi connectivity index (χ0v) is 19.3. The van der Waals surface area contributed by atoms with Crippen LogP contribution in [0.15, 0.2) is 6.07 Å². The number of alkyl halides is 3. The monoisotopic (exact) mass is 498 g/mol. The van der Waals surface area contributed by atoms with Gasteiger partial charge in [0.15, 0.2) is 5.82 Å². The van der Waals surface area contributed by atoms with Crippen molar-refractivity contribution in [3.05, 3.63) is 28.8 Å². The van der Waals surface area contributed by atoms with Crippen molar-refractivity contribution in [3.8, 4) is 23.1 Å². The number of hydrogen-bond acceptors (Lipinski definition) is 8. The number of rotatable bonds is 7. The normalized spacial score (nSPS) is 17.5. The van der Waals surface area contributed by atoms with Gasteiger partial charge in [-0.25, -0.2) is 13.8 Å². The maximum atomic E-state index is 15.9. The van der Waals surface area contributed by atoms with Crippen LogP contribution in [0.3, 0.4) is 0 Å². The lowest BCUT2D eigenvalue weighted by Gasteiger charge is -2.19. The number of hydrogen-bond donors (Lipinski definition) is 3. The molecule has 0 spiro atoms. The van der Waals surface area contributed by atoms with Crippen molar-refractivity contribution >= 4 is 22.4 Å². The maximum absolute atomic E-state index is 15.9. The minimum absolute atomic E-state index is 0.0302. The van der Waals surface area contributed by atoms with E-state index in [2.05, 4.69) is 25.6 Å². The van der Waals surface area contributed by atoms with Crippen molar-refractivity contribution in [2.75, 3.05) is 31.3 Å². The van der Waals surface area contributed by atoms with E-state index < -0.39 is 45.9 Å². The van der Waals surface area contributed by atoms with E-state index in [1.54, 1.807) is 6.92 Å². The first kappa shape index (κ1) is 24.6. The molecular formula is C22H23F5N6O2. The lowest BCUT2D eigenvalue weighted by molar-refractivity contribution is -0.137. The summed E-state index contributed by atoms with van der Waals surface area (Å²) in [6.45, 7) is 5.03. The van der Waals surface area contributed by atoms with E-state index in [1.807, 2.05) is 6.92 Å². The molecular weight excluding hydrogens is 475 g/mol. The van der Waals surface area contributed by atoms with Gasteiger partial charge >= 0.3 is 12.2 Å². The largest absolute Gasteiger partial charge is 0.477 e. The van der Waals surface area contributed by atoms with Crippen LogP contribution in [-0.2, 0) is 6.18 Å². The lowest BCUT2D eigenvalue weighted by Crippen LogP contribution is -2.15. The lowest BCUT2D eigenvalue weighted by atomic mass is 9.96. The van der Waals surface area contributed by atoms with Crippen LogP contribution in [0.25, 0.3) is 22.2 Å². The molecule has 0 bridgehead atoms. The first-order valence-electron chi connectivity index (χ1n) is 10.7. The predicted molar refractivity (Wildman–Crippen MR) is 119 cm³/mol. The molecule has 1 saturated heterocycles. The summed E-state index contributed by atoms with van der Waals surface area (Å²) in [6, 6.07) is 0.910. The van der Waals surface area contributed by atoms with Gasteiger partial charge in [-0.2, -0.15) is 23.1 Å². The van der Waals surface area contributed by atoms with E-state index in [9.17, 15) is 17.6 Å². The number of benzene rings is 1. The van der Waals surface area contributed by atoms with Crippen LogP contribution in [0.1, 0.15) is 25.0 Å². The maximum Gasteiger partial charge on any atom is 0.417 e. The van der Waals surface area contributed by atoms with Crippen LogP contribution in [0.2, 0.25) is 0 Å². The first-order valence-corrected chi connectivity index (χ1v) is 10.7. The number of methoxy groups -OCH3 is 1. The summed E-state index contributed by atoms with van der Waals surface area (Å²) in [7, 11) is 1.27. The van der Waals surface area contributed by atoms with E-state index in [0.29, 0.717) is 12.6 Å². The topological polar surface area (TPSA) is 117 Å². The van der Waals surface area contributed by atoms with Gasteiger partial charge in [0.2, 0.25) is 5.88 Å². The number of anilines is 2. The van der Waals surface area contributed by atoms with E-state index in [0.717, 1.165) is 6.92 Å². The average molecular weight is 498 g/mol. The number of ether oxygens (including phenoxy) is 2. The molecule has 4 rings (SSSR count). The third-order valence-corrected chi connectivity index (χ3v) is 5.72. The fourth-order valence-corrected chi connectivity index (χ4v) is 3.85. The first-order chi connectivity index (χ1) is 16.5.